The minimum absolute atomic E-state index is 0.0729. The Morgan fingerprint density at radius 2 is 2.04 bits per heavy atom. The molecule has 1 aromatic rings. The number of hydrogen-bond donors (Lipinski definition) is 2. The molecule has 0 spiro atoms. The molecule has 152 valence electrons. The molecule has 0 radical (unpaired) electrons. The Morgan fingerprint density at radius 3 is 2.68 bits per heavy atom. The van der Waals surface area contributed by atoms with E-state index in [0.717, 1.165) is 45.6 Å². The number of benzene rings is 1. The van der Waals surface area contributed by atoms with Gasteiger partial charge in [0.15, 0.2) is 0 Å². The zero-order valence-electron chi connectivity index (χ0n) is 16.3. The molecular weight excluding hydrogens is 360 g/mol. The van der Waals surface area contributed by atoms with Crippen LogP contribution in [0.15, 0.2) is 23.3 Å². The van der Waals surface area contributed by atoms with Gasteiger partial charge in [0.05, 0.1) is 10.6 Å². The number of nitro groups is 1. The van der Waals surface area contributed by atoms with E-state index in [1.54, 1.807) is 6.07 Å². The fourth-order valence-corrected chi connectivity index (χ4v) is 3.79. The normalized spacial score (nSPS) is 20.6. The maximum absolute atomic E-state index is 11.7. The minimum Gasteiger partial charge on any atom is -0.363 e. The van der Waals surface area contributed by atoms with Gasteiger partial charge in [-0.25, -0.2) is 5.43 Å². The van der Waals surface area contributed by atoms with Crippen molar-refractivity contribution in [1.82, 2.24) is 10.3 Å². The van der Waals surface area contributed by atoms with Crippen LogP contribution in [-0.4, -0.2) is 60.7 Å². The first kappa shape index (κ1) is 20.2. The van der Waals surface area contributed by atoms with Gasteiger partial charge in [-0.2, -0.15) is 5.10 Å². The van der Waals surface area contributed by atoms with E-state index in [1.165, 1.54) is 0 Å². The van der Waals surface area contributed by atoms with Gasteiger partial charge in [-0.15, -0.1) is 0 Å². The van der Waals surface area contributed by atoms with Crippen molar-refractivity contribution < 1.29 is 9.72 Å². The molecule has 3 N–H and O–H groups in total. The Kier molecular flexibility index (Phi) is 6.58. The Labute approximate surface area is 164 Å². The molecule has 9 heteroatoms. The number of hydrogen-bond acceptors (Lipinski definition) is 7. The molecule has 2 aliphatic rings. The van der Waals surface area contributed by atoms with E-state index in [0.29, 0.717) is 29.9 Å². The quantitative estimate of drug-likeness (QED) is 0.413. The molecule has 1 unspecified atom stereocenters. The lowest BCUT2D eigenvalue weighted by Gasteiger charge is -2.36. The molecule has 0 aliphatic carbocycles. The van der Waals surface area contributed by atoms with Crippen molar-refractivity contribution in [3.63, 3.8) is 0 Å². The van der Waals surface area contributed by atoms with E-state index < -0.39 is 0 Å². The molecule has 1 amide bonds. The third-order valence-corrected chi connectivity index (χ3v) is 5.37. The number of carbonyl (C=O) groups is 1. The molecular formula is C19H28N6O3. The molecule has 3 rings (SSSR count). The number of nitrogens with one attached hydrogen (secondary N) is 1. The highest BCUT2D eigenvalue weighted by Gasteiger charge is 2.27. The highest BCUT2D eigenvalue weighted by molar-refractivity contribution is 6.06. The number of carbonyl (C=O) groups excluding carboxylic acids is 1. The molecule has 0 aromatic heterocycles. The number of amides is 1. The van der Waals surface area contributed by atoms with Crippen LogP contribution in [0.4, 0.5) is 11.4 Å². The summed E-state index contributed by atoms with van der Waals surface area (Å²) in [7, 11) is 0. The van der Waals surface area contributed by atoms with Crippen molar-refractivity contribution in [3.8, 4) is 0 Å². The van der Waals surface area contributed by atoms with Crippen LogP contribution >= 0.6 is 0 Å². The first-order valence-corrected chi connectivity index (χ1v) is 9.82. The average molecular weight is 388 g/mol. The summed E-state index contributed by atoms with van der Waals surface area (Å²) in [5.74, 6) is -0.206. The Morgan fingerprint density at radius 1 is 1.29 bits per heavy atom. The predicted molar refractivity (Wildman–Crippen MR) is 108 cm³/mol. The molecule has 28 heavy (non-hydrogen) atoms. The second-order valence-corrected chi connectivity index (χ2v) is 7.42. The molecule has 0 bridgehead atoms. The lowest BCUT2D eigenvalue weighted by molar-refractivity contribution is -0.384. The number of piperazine rings is 1. The van der Waals surface area contributed by atoms with Gasteiger partial charge in [0.2, 0.25) is 5.91 Å². The molecule has 2 heterocycles. The van der Waals surface area contributed by atoms with Crippen molar-refractivity contribution in [1.29, 1.82) is 0 Å². The van der Waals surface area contributed by atoms with Crippen LogP contribution in [-0.2, 0) is 4.79 Å². The fourth-order valence-electron chi connectivity index (χ4n) is 3.79. The summed E-state index contributed by atoms with van der Waals surface area (Å²) in [6.07, 6.45) is 2.44. The van der Waals surface area contributed by atoms with E-state index in [-0.39, 0.29) is 22.4 Å². The third kappa shape index (κ3) is 4.66. The monoisotopic (exact) mass is 388 g/mol. The molecule has 9 nitrogen and oxygen atoms in total. The van der Waals surface area contributed by atoms with Crippen LogP contribution < -0.4 is 16.1 Å². The summed E-state index contributed by atoms with van der Waals surface area (Å²) in [6.45, 7) is 6.94. The minimum atomic E-state index is -0.334. The van der Waals surface area contributed by atoms with Gasteiger partial charge in [-0.3, -0.25) is 19.8 Å². The summed E-state index contributed by atoms with van der Waals surface area (Å²) in [5.41, 5.74) is 10.1. The molecule has 2 aliphatic heterocycles. The second kappa shape index (κ2) is 9.11. The van der Waals surface area contributed by atoms with Crippen LogP contribution in [0.5, 0.6) is 0 Å². The number of nitrogens with two attached hydrogens (primary N) is 1. The van der Waals surface area contributed by atoms with Crippen LogP contribution in [0, 0.1) is 16.0 Å². The highest BCUT2D eigenvalue weighted by atomic mass is 16.6. The molecule has 0 saturated carbocycles. The van der Waals surface area contributed by atoms with Crippen LogP contribution in [0.1, 0.15) is 31.7 Å². The molecule has 1 fully saturated rings. The van der Waals surface area contributed by atoms with E-state index in [4.69, 9.17) is 5.73 Å². The number of hydrazone groups is 1. The lowest BCUT2D eigenvalue weighted by atomic mass is 9.93. The van der Waals surface area contributed by atoms with Gasteiger partial charge >= 0.3 is 0 Å². The number of nitro benzene ring substituents is 1. The van der Waals surface area contributed by atoms with Crippen molar-refractivity contribution >= 4 is 23.0 Å². The first-order chi connectivity index (χ1) is 13.5. The van der Waals surface area contributed by atoms with E-state index in [2.05, 4.69) is 20.3 Å². The Hall–Kier alpha value is -2.52. The predicted octanol–water partition coefficient (Wildman–Crippen LogP) is 1.32. The average Bonchev–Trinajstić information content (AvgIpc) is 2.68. The summed E-state index contributed by atoms with van der Waals surface area (Å²) < 4.78 is 0. The number of unbranched alkanes of at least 4 members (excludes halogenated alkanes) is 1. The number of anilines is 1. The summed E-state index contributed by atoms with van der Waals surface area (Å²) in [5, 5.41) is 15.8. The summed E-state index contributed by atoms with van der Waals surface area (Å²) in [4.78, 5) is 27.3. The van der Waals surface area contributed by atoms with E-state index >= 15 is 0 Å². The summed E-state index contributed by atoms with van der Waals surface area (Å²) >= 11 is 0. The molecule has 1 atom stereocenters. The van der Waals surface area contributed by atoms with Gasteiger partial charge < -0.3 is 10.6 Å². The number of rotatable bonds is 7. The topological polar surface area (TPSA) is 117 Å². The fraction of sp³-hybridized carbons (Fsp3) is 0.579. The van der Waals surface area contributed by atoms with Crippen LogP contribution in [0.3, 0.4) is 0 Å². The van der Waals surface area contributed by atoms with Gasteiger partial charge in [0.25, 0.3) is 5.69 Å². The van der Waals surface area contributed by atoms with E-state index in [9.17, 15) is 14.9 Å². The first-order valence-electron chi connectivity index (χ1n) is 9.82. The van der Waals surface area contributed by atoms with E-state index in [1.807, 2.05) is 19.1 Å². The van der Waals surface area contributed by atoms with Crippen molar-refractivity contribution in [3.05, 3.63) is 33.9 Å². The van der Waals surface area contributed by atoms with Gasteiger partial charge in [-0.1, -0.05) is 13.0 Å². The van der Waals surface area contributed by atoms with Crippen molar-refractivity contribution in [2.24, 2.45) is 16.8 Å². The zero-order valence-corrected chi connectivity index (χ0v) is 16.3. The summed E-state index contributed by atoms with van der Waals surface area (Å²) in [6, 6.07) is 5.25. The van der Waals surface area contributed by atoms with Crippen molar-refractivity contribution in [2.45, 2.75) is 26.2 Å². The van der Waals surface area contributed by atoms with Crippen LogP contribution in [0.25, 0.3) is 0 Å². The van der Waals surface area contributed by atoms with Gasteiger partial charge in [0.1, 0.15) is 5.69 Å². The van der Waals surface area contributed by atoms with Crippen LogP contribution in [0.2, 0.25) is 0 Å². The smallest absolute Gasteiger partial charge is 0.293 e. The molecule has 1 aromatic carbocycles. The Balaban J connectivity index is 1.74. The number of nitrogens with zero attached hydrogens (tertiary/aromatic N) is 4. The molecule has 1 saturated heterocycles. The maximum atomic E-state index is 11.7. The maximum Gasteiger partial charge on any atom is 0.293 e. The van der Waals surface area contributed by atoms with Gasteiger partial charge in [-0.05, 0) is 32.0 Å². The standard InChI is InChI=1S/C19H28N6O3/c1-14-12-18(26)21-22-19(14)15-4-5-16(17(13-15)25(27)28)24-10-8-23(9-11-24)7-3-2-6-20/h4-5,13-14H,2-3,6-12,20H2,1H3,(H,21,26). The SMILES string of the molecule is CC1CC(=O)NN=C1c1ccc(N2CCN(CCCCN)CC2)c([N+](=O)[O-])c1. The van der Waals surface area contributed by atoms with Crippen molar-refractivity contribution in [2.75, 3.05) is 44.2 Å². The zero-order chi connectivity index (χ0) is 20.1. The second-order valence-electron chi connectivity index (χ2n) is 7.42. The van der Waals surface area contributed by atoms with Gasteiger partial charge in [0, 0.05) is 50.1 Å². The largest absolute Gasteiger partial charge is 0.363 e. The third-order valence-electron chi connectivity index (χ3n) is 5.37. The Bertz CT molecular complexity index is 758. The highest BCUT2D eigenvalue weighted by Crippen LogP contribution is 2.31. The lowest BCUT2D eigenvalue weighted by Crippen LogP contribution is -2.46.